The predicted octanol–water partition coefficient (Wildman–Crippen LogP) is 3.53. The van der Waals surface area contributed by atoms with E-state index in [1.54, 1.807) is 12.4 Å². The number of nitrogens with zero attached hydrogens (tertiary/aromatic N) is 5. The molecule has 5 nitrogen and oxygen atoms in total. The molecule has 0 aliphatic rings. The van der Waals surface area contributed by atoms with E-state index in [2.05, 4.69) is 19.6 Å². The van der Waals surface area contributed by atoms with Crippen LogP contribution in [0.2, 0.25) is 5.02 Å². The smallest absolute Gasteiger partial charge is 0.161 e. The first-order chi connectivity index (χ1) is 11.2. The fourth-order valence-electron chi connectivity index (χ4n) is 2.77. The Kier molecular flexibility index (Phi) is 3.35. The molecule has 0 aliphatic heterocycles. The predicted molar refractivity (Wildman–Crippen MR) is 90.3 cm³/mol. The molecule has 4 aromatic rings. The molecule has 0 saturated carbocycles. The van der Waals surface area contributed by atoms with Gasteiger partial charge in [-0.15, -0.1) is 0 Å². The van der Waals surface area contributed by atoms with E-state index in [-0.39, 0.29) is 0 Å². The molecule has 0 amide bonds. The van der Waals surface area contributed by atoms with Gasteiger partial charge in [0.05, 0.1) is 17.1 Å². The molecule has 23 heavy (non-hydrogen) atoms. The van der Waals surface area contributed by atoms with Crippen molar-refractivity contribution < 1.29 is 0 Å². The summed E-state index contributed by atoms with van der Waals surface area (Å²) in [7, 11) is 1.91. The first kappa shape index (κ1) is 14.0. The fourth-order valence-corrected chi connectivity index (χ4v) is 3.03. The number of aromatic nitrogens is 5. The van der Waals surface area contributed by atoms with Crippen molar-refractivity contribution in [3.8, 4) is 11.5 Å². The molecule has 0 spiro atoms. The van der Waals surface area contributed by atoms with Crippen molar-refractivity contribution in [2.24, 2.45) is 7.05 Å². The van der Waals surface area contributed by atoms with Gasteiger partial charge in [0, 0.05) is 37.2 Å². The summed E-state index contributed by atoms with van der Waals surface area (Å²) in [4.78, 5) is 8.66. The van der Waals surface area contributed by atoms with E-state index >= 15 is 0 Å². The average molecular weight is 324 g/mol. The number of imidazole rings is 1. The minimum atomic E-state index is 0.682. The van der Waals surface area contributed by atoms with E-state index in [0.717, 1.165) is 28.0 Å². The number of fused-ring (bicyclic) bond motifs is 1. The normalized spacial score (nSPS) is 11.2. The minimum Gasteiger partial charge on any atom is -0.325 e. The van der Waals surface area contributed by atoms with Gasteiger partial charge in [-0.25, -0.2) is 4.98 Å². The zero-order valence-electron chi connectivity index (χ0n) is 12.5. The molecule has 0 bridgehead atoms. The molecule has 0 atom stereocenters. The van der Waals surface area contributed by atoms with Crippen molar-refractivity contribution in [2.45, 2.75) is 6.54 Å². The van der Waals surface area contributed by atoms with Gasteiger partial charge in [-0.1, -0.05) is 23.7 Å². The van der Waals surface area contributed by atoms with Crippen molar-refractivity contribution in [1.82, 2.24) is 24.3 Å². The molecule has 4 rings (SSSR count). The largest absolute Gasteiger partial charge is 0.325 e. The molecule has 3 heterocycles. The van der Waals surface area contributed by atoms with Gasteiger partial charge < -0.3 is 4.57 Å². The Morgan fingerprint density at radius 3 is 2.87 bits per heavy atom. The lowest BCUT2D eigenvalue weighted by Crippen LogP contribution is -2.02. The molecule has 0 radical (unpaired) electrons. The molecule has 0 unspecified atom stereocenters. The number of hydrogen-bond acceptors (Lipinski definition) is 3. The van der Waals surface area contributed by atoms with E-state index in [9.17, 15) is 0 Å². The summed E-state index contributed by atoms with van der Waals surface area (Å²) in [5.41, 5.74) is 2.89. The summed E-state index contributed by atoms with van der Waals surface area (Å²) in [6.07, 6.45) is 7.35. The number of aryl methyl sites for hydroxylation is 1. The van der Waals surface area contributed by atoms with E-state index in [1.165, 1.54) is 0 Å². The lowest BCUT2D eigenvalue weighted by Gasteiger charge is -2.06. The molecule has 0 N–H and O–H groups in total. The molecule has 3 aromatic heterocycles. The summed E-state index contributed by atoms with van der Waals surface area (Å²) < 4.78 is 3.89. The number of rotatable bonds is 3. The fraction of sp³-hybridized carbons (Fsp3) is 0.118. The molecule has 0 saturated heterocycles. The lowest BCUT2D eigenvalue weighted by atomic mass is 10.2. The van der Waals surface area contributed by atoms with Crippen LogP contribution in [-0.2, 0) is 13.6 Å². The van der Waals surface area contributed by atoms with Gasteiger partial charge in [0.2, 0.25) is 0 Å². The quantitative estimate of drug-likeness (QED) is 0.579. The summed E-state index contributed by atoms with van der Waals surface area (Å²) in [5.74, 6) is 0.799. The average Bonchev–Trinajstić information content (AvgIpc) is 3.14. The van der Waals surface area contributed by atoms with E-state index in [0.29, 0.717) is 11.6 Å². The van der Waals surface area contributed by atoms with Gasteiger partial charge in [0.25, 0.3) is 0 Å². The van der Waals surface area contributed by atoms with E-state index in [1.807, 2.05) is 54.5 Å². The molecule has 0 aliphatic carbocycles. The highest BCUT2D eigenvalue weighted by molar-refractivity contribution is 6.36. The second-order valence-electron chi connectivity index (χ2n) is 5.35. The maximum Gasteiger partial charge on any atom is 0.161 e. The van der Waals surface area contributed by atoms with Gasteiger partial charge in [0.1, 0.15) is 5.69 Å². The van der Waals surface area contributed by atoms with Crippen molar-refractivity contribution in [1.29, 1.82) is 0 Å². The van der Waals surface area contributed by atoms with Gasteiger partial charge in [0.15, 0.2) is 5.82 Å². The Morgan fingerprint density at radius 2 is 2.04 bits per heavy atom. The van der Waals surface area contributed by atoms with Crippen molar-refractivity contribution >= 4 is 22.5 Å². The van der Waals surface area contributed by atoms with Gasteiger partial charge >= 0.3 is 0 Å². The second-order valence-corrected chi connectivity index (χ2v) is 5.75. The highest BCUT2D eigenvalue weighted by Crippen LogP contribution is 2.32. The molecule has 6 heteroatoms. The molecular weight excluding hydrogens is 310 g/mol. The summed E-state index contributed by atoms with van der Waals surface area (Å²) in [5, 5.41) is 6.24. The van der Waals surface area contributed by atoms with Gasteiger partial charge in [-0.05, 0) is 23.8 Å². The van der Waals surface area contributed by atoms with Crippen LogP contribution < -0.4 is 0 Å². The first-order valence-corrected chi connectivity index (χ1v) is 7.63. The van der Waals surface area contributed by atoms with Crippen LogP contribution in [0.1, 0.15) is 5.56 Å². The monoisotopic (exact) mass is 323 g/mol. The van der Waals surface area contributed by atoms with E-state index in [4.69, 9.17) is 11.6 Å². The van der Waals surface area contributed by atoms with Crippen LogP contribution in [-0.4, -0.2) is 24.3 Å². The third-order valence-corrected chi connectivity index (χ3v) is 4.15. The van der Waals surface area contributed by atoms with Crippen molar-refractivity contribution in [3.63, 3.8) is 0 Å². The Bertz CT molecular complexity index is 971. The number of pyridine rings is 1. The first-order valence-electron chi connectivity index (χ1n) is 7.25. The van der Waals surface area contributed by atoms with Crippen LogP contribution in [0.15, 0.2) is 55.1 Å². The SMILES string of the molecule is Cn1nc(-c2nccn2Cc2cccnc2)c2c(Cl)cccc21. The summed E-state index contributed by atoms with van der Waals surface area (Å²) in [6.45, 7) is 0.686. The zero-order valence-corrected chi connectivity index (χ0v) is 13.3. The zero-order chi connectivity index (χ0) is 15.8. The van der Waals surface area contributed by atoms with Crippen LogP contribution in [0.5, 0.6) is 0 Å². The van der Waals surface area contributed by atoms with Crippen LogP contribution in [0.4, 0.5) is 0 Å². The highest BCUT2D eigenvalue weighted by atomic mass is 35.5. The number of hydrogen-bond donors (Lipinski definition) is 0. The number of benzene rings is 1. The summed E-state index contributed by atoms with van der Waals surface area (Å²) >= 11 is 6.40. The Morgan fingerprint density at radius 1 is 1.13 bits per heavy atom. The summed E-state index contributed by atoms with van der Waals surface area (Å²) in [6, 6.07) is 9.78. The highest BCUT2D eigenvalue weighted by Gasteiger charge is 2.17. The minimum absolute atomic E-state index is 0.682. The maximum absolute atomic E-state index is 6.40. The molecule has 114 valence electrons. The molecular formula is C17H14ClN5. The van der Waals surface area contributed by atoms with Crippen molar-refractivity contribution in [2.75, 3.05) is 0 Å². The van der Waals surface area contributed by atoms with E-state index < -0.39 is 0 Å². The van der Waals surface area contributed by atoms with Crippen LogP contribution in [0, 0.1) is 0 Å². The van der Waals surface area contributed by atoms with Gasteiger partial charge in [-0.3, -0.25) is 9.67 Å². The van der Waals surface area contributed by atoms with Crippen LogP contribution in [0.3, 0.4) is 0 Å². The number of halogens is 1. The molecule has 1 aromatic carbocycles. The van der Waals surface area contributed by atoms with Crippen LogP contribution >= 0.6 is 11.6 Å². The Labute approximate surface area is 138 Å². The topological polar surface area (TPSA) is 48.5 Å². The Balaban J connectivity index is 1.86. The van der Waals surface area contributed by atoms with Crippen LogP contribution in [0.25, 0.3) is 22.4 Å². The third-order valence-electron chi connectivity index (χ3n) is 3.83. The molecule has 0 fully saturated rings. The third kappa shape index (κ3) is 2.39. The lowest BCUT2D eigenvalue weighted by molar-refractivity contribution is 0.773. The Hall–Kier alpha value is -2.66. The second kappa shape index (κ2) is 5.52. The van der Waals surface area contributed by atoms with Crippen molar-refractivity contribution in [3.05, 3.63) is 65.7 Å². The maximum atomic E-state index is 6.40. The van der Waals surface area contributed by atoms with Gasteiger partial charge in [-0.2, -0.15) is 5.10 Å². The standard InChI is InChI=1S/C17H14ClN5/c1-22-14-6-2-5-13(18)15(14)16(21-22)17-20-8-9-23(17)11-12-4-3-7-19-10-12/h2-10H,11H2,1H3.